The lowest BCUT2D eigenvalue weighted by atomic mass is 10.1. The van der Waals surface area contributed by atoms with Gasteiger partial charge in [-0.05, 0) is 56.5 Å². The maximum Gasteiger partial charge on any atom is 0.318 e. The second kappa shape index (κ2) is 10.4. The van der Waals surface area contributed by atoms with Crippen LogP contribution in [-0.4, -0.2) is 82.5 Å². The number of likely N-dealkylation sites (tertiary alicyclic amines) is 1. The third-order valence-corrected chi connectivity index (χ3v) is 8.67. The molecule has 4 aliphatic rings. The number of likely N-dealkylation sites (N-methyl/N-ethyl adjacent to an activating group) is 1. The van der Waals surface area contributed by atoms with Gasteiger partial charge in [-0.1, -0.05) is 30.8 Å². The minimum Gasteiger partial charge on any atom is -0.462 e. The summed E-state index contributed by atoms with van der Waals surface area (Å²) in [6, 6.07) is 11.7. The number of nitrogens with zero attached hydrogens (tertiary/aromatic N) is 7. The summed E-state index contributed by atoms with van der Waals surface area (Å²) in [4.78, 5) is 30.6. The summed E-state index contributed by atoms with van der Waals surface area (Å²) in [5.74, 6) is 0.629. The molecule has 0 radical (unpaired) electrons. The lowest BCUT2D eigenvalue weighted by Crippen LogP contribution is -2.54. The minimum absolute atomic E-state index is 0.145. The quantitative estimate of drug-likeness (QED) is 0.545. The Morgan fingerprint density at radius 3 is 2.87 bits per heavy atom. The predicted octanol–water partition coefficient (Wildman–Crippen LogP) is 2.68. The molecule has 1 aromatic heterocycles. The molecule has 4 heterocycles. The summed E-state index contributed by atoms with van der Waals surface area (Å²) < 4.78 is 6.21. The molecule has 2 saturated heterocycles. The molecule has 2 fully saturated rings. The Morgan fingerprint density at radius 2 is 2.08 bits per heavy atom. The summed E-state index contributed by atoms with van der Waals surface area (Å²) in [5.41, 5.74) is 4.89. The zero-order chi connectivity index (χ0) is 26.2. The third-order valence-electron chi connectivity index (χ3n) is 8.67. The van der Waals surface area contributed by atoms with Crippen LogP contribution in [0.25, 0.3) is 0 Å². The molecule has 1 aromatic carbocycles. The van der Waals surface area contributed by atoms with E-state index >= 15 is 0 Å². The molecule has 0 saturated carbocycles. The van der Waals surface area contributed by atoms with Gasteiger partial charge in [0.2, 0.25) is 5.91 Å². The van der Waals surface area contributed by atoms with E-state index in [9.17, 15) is 10.1 Å². The van der Waals surface area contributed by atoms with Gasteiger partial charge in [-0.2, -0.15) is 15.2 Å². The molecule has 3 atom stereocenters. The maximum absolute atomic E-state index is 12.3. The van der Waals surface area contributed by atoms with E-state index in [1.807, 2.05) is 4.90 Å². The number of aryl methyl sites for hydroxylation is 1. The predicted molar refractivity (Wildman–Crippen MR) is 143 cm³/mol. The number of amides is 1. The number of hydrogen-bond acceptors (Lipinski definition) is 8. The van der Waals surface area contributed by atoms with Crippen molar-refractivity contribution in [2.45, 2.75) is 56.9 Å². The molecule has 0 spiro atoms. The minimum atomic E-state index is -0.498. The average molecular weight is 514 g/mol. The van der Waals surface area contributed by atoms with Gasteiger partial charge in [-0.25, -0.2) is 0 Å². The standard InChI is InChI=1S/C29H35N7O2/c1-3-27(37)34-13-14-36(22(15-30)16-34)28-24-17-35(26-11-10-20-7-4-5-9-23(20)26)18-25(24)31-29(32-28)38-19-21-8-6-12-33(21)2/h3-5,7,9,21-22,26H,1,6,8,10-14,16-19H2,2H3/t21-,22+,26?/m0/s1. The second-order valence-electron chi connectivity index (χ2n) is 10.8. The summed E-state index contributed by atoms with van der Waals surface area (Å²) in [5, 5.41) is 10.1. The van der Waals surface area contributed by atoms with Crippen LogP contribution in [0.15, 0.2) is 36.9 Å². The Labute approximate surface area is 224 Å². The van der Waals surface area contributed by atoms with Crippen LogP contribution in [0.3, 0.4) is 0 Å². The lowest BCUT2D eigenvalue weighted by molar-refractivity contribution is -0.126. The Morgan fingerprint density at radius 1 is 1.21 bits per heavy atom. The number of carbonyl (C=O) groups excluding carboxylic acids is 1. The maximum atomic E-state index is 12.3. The highest BCUT2D eigenvalue weighted by Gasteiger charge is 2.38. The number of piperazine rings is 1. The fourth-order valence-corrected chi connectivity index (χ4v) is 6.51. The van der Waals surface area contributed by atoms with Crippen molar-refractivity contribution in [3.8, 4) is 12.1 Å². The first-order valence-corrected chi connectivity index (χ1v) is 13.7. The fourth-order valence-electron chi connectivity index (χ4n) is 6.51. The third kappa shape index (κ3) is 4.52. The molecule has 2 aromatic rings. The summed E-state index contributed by atoms with van der Waals surface area (Å²) in [6.07, 6.45) is 5.78. The lowest BCUT2D eigenvalue weighted by Gasteiger charge is -2.39. The van der Waals surface area contributed by atoms with Crippen LogP contribution in [-0.2, 0) is 24.3 Å². The Balaban J connectivity index is 1.30. The van der Waals surface area contributed by atoms with E-state index in [0.29, 0.717) is 44.3 Å². The van der Waals surface area contributed by atoms with E-state index in [2.05, 4.69) is 53.8 Å². The number of nitriles is 1. The number of carbonyl (C=O) groups is 1. The molecule has 1 aliphatic carbocycles. The highest BCUT2D eigenvalue weighted by atomic mass is 16.5. The summed E-state index contributed by atoms with van der Waals surface area (Å²) >= 11 is 0. The topological polar surface area (TPSA) is 88.8 Å². The molecule has 198 valence electrons. The van der Waals surface area contributed by atoms with Crippen molar-refractivity contribution in [2.75, 3.05) is 44.7 Å². The highest BCUT2D eigenvalue weighted by molar-refractivity contribution is 5.87. The van der Waals surface area contributed by atoms with Gasteiger partial charge in [-0.15, -0.1) is 0 Å². The molecule has 1 unspecified atom stereocenters. The number of fused-ring (bicyclic) bond motifs is 2. The van der Waals surface area contributed by atoms with Crippen LogP contribution in [0.5, 0.6) is 6.01 Å². The molecule has 6 rings (SSSR count). The van der Waals surface area contributed by atoms with Gasteiger partial charge >= 0.3 is 6.01 Å². The zero-order valence-corrected chi connectivity index (χ0v) is 22.1. The molecule has 9 nitrogen and oxygen atoms in total. The normalized spacial score (nSPS) is 25.2. The molecule has 3 aliphatic heterocycles. The van der Waals surface area contributed by atoms with Gasteiger partial charge in [0.25, 0.3) is 0 Å². The van der Waals surface area contributed by atoms with Crippen LogP contribution in [0.1, 0.15) is 47.7 Å². The zero-order valence-electron chi connectivity index (χ0n) is 22.1. The first-order chi connectivity index (χ1) is 18.6. The Kier molecular flexibility index (Phi) is 6.76. The van der Waals surface area contributed by atoms with Crippen molar-refractivity contribution in [2.24, 2.45) is 0 Å². The fraction of sp³-hybridized carbons (Fsp3) is 0.517. The van der Waals surface area contributed by atoms with E-state index in [1.165, 1.54) is 23.6 Å². The highest BCUT2D eigenvalue weighted by Crippen LogP contribution is 2.42. The monoisotopic (exact) mass is 513 g/mol. The van der Waals surface area contributed by atoms with Crippen LogP contribution >= 0.6 is 0 Å². The average Bonchev–Trinajstić information content (AvgIpc) is 3.68. The molecule has 38 heavy (non-hydrogen) atoms. The SMILES string of the molecule is C=CC(=O)N1CCN(c2nc(OC[C@@H]3CCCN3C)nc3c2CN(C2CCc4ccccc42)C3)[C@H](C#N)C1. The Bertz CT molecular complexity index is 1270. The molecular weight excluding hydrogens is 478 g/mol. The van der Waals surface area contributed by atoms with E-state index in [-0.39, 0.29) is 5.91 Å². The molecule has 9 heteroatoms. The van der Waals surface area contributed by atoms with E-state index < -0.39 is 6.04 Å². The number of benzene rings is 1. The first-order valence-electron chi connectivity index (χ1n) is 13.7. The second-order valence-corrected chi connectivity index (χ2v) is 10.8. The summed E-state index contributed by atoms with van der Waals surface area (Å²) in [6.45, 7) is 8.08. The molecule has 0 N–H and O–H groups in total. The van der Waals surface area contributed by atoms with Crippen LogP contribution in [0, 0.1) is 11.3 Å². The van der Waals surface area contributed by atoms with Gasteiger partial charge in [0, 0.05) is 43.8 Å². The number of ether oxygens (including phenoxy) is 1. The van der Waals surface area contributed by atoms with Crippen molar-refractivity contribution in [3.05, 3.63) is 59.3 Å². The largest absolute Gasteiger partial charge is 0.462 e. The molecule has 1 amide bonds. The van der Waals surface area contributed by atoms with Crippen LogP contribution < -0.4 is 9.64 Å². The number of hydrogen-bond donors (Lipinski definition) is 0. The van der Waals surface area contributed by atoms with Crippen LogP contribution in [0.2, 0.25) is 0 Å². The van der Waals surface area contributed by atoms with Gasteiger partial charge in [0.05, 0.1) is 18.3 Å². The molecular formula is C29H35N7O2. The first kappa shape index (κ1) is 24.8. The van der Waals surface area contributed by atoms with Crippen molar-refractivity contribution in [1.29, 1.82) is 5.26 Å². The van der Waals surface area contributed by atoms with E-state index in [1.54, 1.807) is 4.90 Å². The van der Waals surface area contributed by atoms with Gasteiger partial charge in [0.15, 0.2) is 0 Å². The Hall–Kier alpha value is -3.48. The van der Waals surface area contributed by atoms with Crippen molar-refractivity contribution in [3.63, 3.8) is 0 Å². The van der Waals surface area contributed by atoms with Crippen LogP contribution in [0.4, 0.5) is 5.82 Å². The van der Waals surface area contributed by atoms with Crippen molar-refractivity contribution in [1.82, 2.24) is 24.7 Å². The van der Waals surface area contributed by atoms with Gasteiger partial charge in [-0.3, -0.25) is 9.69 Å². The van der Waals surface area contributed by atoms with E-state index in [4.69, 9.17) is 14.7 Å². The summed E-state index contributed by atoms with van der Waals surface area (Å²) in [7, 11) is 2.13. The van der Waals surface area contributed by atoms with E-state index in [0.717, 1.165) is 56.0 Å². The number of rotatable bonds is 6. The molecule has 0 bridgehead atoms. The number of anilines is 1. The van der Waals surface area contributed by atoms with Gasteiger partial charge in [0.1, 0.15) is 18.5 Å². The van der Waals surface area contributed by atoms with Crippen molar-refractivity contribution < 1.29 is 9.53 Å². The van der Waals surface area contributed by atoms with Crippen molar-refractivity contribution >= 4 is 11.7 Å². The number of aromatic nitrogens is 2. The van der Waals surface area contributed by atoms with Gasteiger partial charge < -0.3 is 19.4 Å². The smallest absolute Gasteiger partial charge is 0.318 e.